The van der Waals surface area contributed by atoms with Crippen LogP contribution in [0.1, 0.15) is 18.3 Å². The Morgan fingerprint density at radius 3 is 2.71 bits per heavy atom. The van der Waals surface area contributed by atoms with Crippen molar-refractivity contribution in [3.63, 3.8) is 0 Å². The van der Waals surface area contributed by atoms with E-state index in [4.69, 9.17) is 4.74 Å². The first-order valence-electron chi connectivity index (χ1n) is 5.56. The molecule has 0 amide bonds. The quantitative estimate of drug-likeness (QED) is 0.836. The third-order valence-corrected chi connectivity index (χ3v) is 4.99. The molecule has 0 spiro atoms. The van der Waals surface area contributed by atoms with Gasteiger partial charge < -0.3 is 4.74 Å². The summed E-state index contributed by atoms with van der Waals surface area (Å²) in [6, 6.07) is 0. The minimum absolute atomic E-state index is 0.0639. The molecule has 96 valence electrons. The average molecular weight is 259 g/mol. The van der Waals surface area contributed by atoms with Crippen LogP contribution < -0.4 is 0 Å². The highest BCUT2D eigenvalue weighted by atomic mass is 32.2. The molecule has 0 radical (unpaired) electrons. The molecule has 17 heavy (non-hydrogen) atoms. The summed E-state index contributed by atoms with van der Waals surface area (Å²) in [5, 5.41) is 6.64. The van der Waals surface area contributed by atoms with Crippen molar-refractivity contribution in [2.45, 2.75) is 31.8 Å². The van der Waals surface area contributed by atoms with Gasteiger partial charge in [-0.3, -0.25) is 5.10 Å². The zero-order valence-corrected chi connectivity index (χ0v) is 11.0. The first-order chi connectivity index (χ1) is 7.93. The Kier molecular flexibility index (Phi) is 3.24. The second-order valence-corrected chi connectivity index (χ2v) is 6.18. The van der Waals surface area contributed by atoms with Gasteiger partial charge in [-0.25, -0.2) is 8.42 Å². The SMILES string of the molecule is Cc1n[nH]c(C)c1S(=O)(=O)N1CCO[C@@H](C)C1. The maximum atomic E-state index is 12.4. The fourth-order valence-corrected chi connectivity index (χ4v) is 3.89. The highest BCUT2D eigenvalue weighted by Crippen LogP contribution is 2.23. The summed E-state index contributed by atoms with van der Waals surface area (Å²) in [5.74, 6) is 0. The summed E-state index contributed by atoms with van der Waals surface area (Å²) in [6.07, 6.45) is -0.0639. The van der Waals surface area contributed by atoms with Crippen LogP contribution in [-0.4, -0.2) is 48.7 Å². The topological polar surface area (TPSA) is 75.3 Å². The van der Waals surface area contributed by atoms with Gasteiger partial charge in [0.1, 0.15) is 4.90 Å². The Labute approximate surface area is 101 Å². The fraction of sp³-hybridized carbons (Fsp3) is 0.700. The Bertz CT molecular complexity index is 489. The molecule has 1 aromatic heterocycles. The number of rotatable bonds is 2. The van der Waals surface area contributed by atoms with E-state index in [1.54, 1.807) is 13.8 Å². The number of hydrogen-bond acceptors (Lipinski definition) is 4. The summed E-state index contributed by atoms with van der Waals surface area (Å²) in [4.78, 5) is 0.298. The van der Waals surface area contributed by atoms with E-state index in [1.165, 1.54) is 4.31 Å². The van der Waals surface area contributed by atoms with E-state index < -0.39 is 10.0 Å². The summed E-state index contributed by atoms with van der Waals surface area (Å²) in [5.41, 5.74) is 1.10. The summed E-state index contributed by atoms with van der Waals surface area (Å²) < 4.78 is 31.7. The van der Waals surface area contributed by atoms with Crippen LogP contribution in [0.4, 0.5) is 0 Å². The van der Waals surface area contributed by atoms with Crippen LogP contribution in [0.3, 0.4) is 0 Å². The molecule has 1 N–H and O–H groups in total. The van der Waals surface area contributed by atoms with Crippen LogP contribution in [0.15, 0.2) is 4.90 Å². The van der Waals surface area contributed by atoms with Gasteiger partial charge in [0.15, 0.2) is 0 Å². The number of nitrogens with one attached hydrogen (secondary N) is 1. The summed E-state index contributed by atoms with van der Waals surface area (Å²) in [6.45, 7) is 6.52. The van der Waals surface area contributed by atoms with Crippen LogP contribution in [-0.2, 0) is 14.8 Å². The van der Waals surface area contributed by atoms with E-state index in [2.05, 4.69) is 10.2 Å². The van der Waals surface area contributed by atoms with Gasteiger partial charge in [-0.05, 0) is 20.8 Å². The summed E-state index contributed by atoms with van der Waals surface area (Å²) in [7, 11) is -3.45. The number of sulfonamides is 1. The van der Waals surface area contributed by atoms with Crippen molar-refractivity contribution >= 4 is 10.0 Å². The van der Waals surface area contributed by atoms with Crippen molar-refractivity contribution in [3.05, 3.63) is 11.4 Å². The minimum Gasteiger partial charge on any atom is -0.376 e. The molecule has 1 saturated heterocycles. The Balaban J connectivity index is 2.36. The monoisotopic (exact) mass is 259 g/mol. The molecule has 1 aliphatic rings. The van der Waals surface area contributed by atoms with Crippen LogP contribution in [0, 0.1) is 13.8 Å². The Hall–Kier alpha value is -0.920. The van der Waals surface area contributed by atoms with E-state index >= 15 is 0 Å². The number of hydrogen-bond donors (Lipinski definition) is 1. The largest absolute Gasteiger partial charge is 0.376 e. The lowest BCUT2D eigenvalue weighted by Crippen LogP contribution is -2.44. The van der Waals surface area contributed by atoms with Crippen LogP contribution in [0.25, 0.3) is 0 Å². The fourth-order valence-electron chi connectivity index (χ4n) is 2.05. The van der Waals surface area contributed by atoms with Gasteiger partial charge in [0.25, 0.3) is 0 Å². The first-order valence-corrected chi connectivity index (χ1v) is 7.00. The van der Waals surface area contributed by atoms with Gasteiger partial charge in [-0.15, -0.1) is 0 Å². The number of H-pyrrole nitrogens is 1. The maximum absolute atomic E-state index is 12.4. The zero-order chi connectivity index (χ0) is 12.6. The molecule has 0 unspecified atom stereocenters. The predicted molar refractivity (Wildman–Crippen MR) is 62.2 cm³/mol. The third kappa shape index (κ3) is 2.22. The van der Waals surface area contributed by atoms with Gasteiger partial charge in [0.2, 0.25) is 10.0 Å². The van der Waals surface area contributed by atoms with Gasteiger partial charge in [-0.1, -0.05) is 0 Å². The molecule has 0 aliphatic carbocycles. The number of morpholine rings is 1. The molecule has 1 fully saturated rings. The first kappa shape index (κ1) is 12.5. The van der Waals surface area contributed by atoms with Crippen molar-refractivity contribution in [3.8, 4) is 0 Å². The van der Waals surface area contributed by atoms with E-state index in [9.17, 15) is 8.42 Å². The molecular formula is C10H17N3O3S. The number of nitrogens with zero attached hydrogens (tertiary/aromatic N) is 2. The number of aromatic amines is 1. The minimum atomic E-state index is -3.45. The maximum Gasteiger partial charge on any atom is 0.246 e. The number of aromatic nitrogens is 2. The molecule has 0 aromatic carbocycles. The van der Waals surface area contributed by atoms with Crippen molar-refractivity contribution in [1.29, 1.82) is 0 Å². The smallest absolute Gasteiger partial charge is 0.246 e. The van der Waals surface area contributed by atoms with Crippen molar-refractivity contribution in [1.82, 2.24) is 14.5 Å². The Morgan fingerprint density at radius 1 is 1.47 bits per heavy atom. The average Bonchev–Trinajstić information content (AvgIpc) is 2.59. The lowest BCUT2D eigenvalue weighted by Gasteiger charge is -2.30. The molecule has 0 saturated carbocycles. The lowest BCUT2D eigenvalue weighted by atomic mass is 10.3. The normalized spacial score (nSPS) is 22.9. The van der Waals surface area contributed by atoms with Gasteiger partial charge in [0, 0.05) is 13.1 Å². The zero-order valence-electron chi connectivity index (χ0n) is 10.2. The second kappa shape index (κ2) is 4.40. The number of ether oxygens (including phenoxy) is 1. The lowest BCUT2D eigenvalue weighted by molar-refractivity contribution is 0.0101. The van der Waals surface area contributed by atoms with Crippen molar-refractivity contribution in [2.75, 3.05) is 19.7 Å². The van der Waals surface area contributed by atoms with E-state index in [0.29, 0.717) is 36.0 Å². The van der Waals surface area contributed by atoms with Crippen molar-refractivity contribution < 1.29 is 13.2 Å². The standard InChI is InChI=1S/C10H17N3O3S/c1-7-6-13(4-5-16-7)17(14,15)10-8(2)11-12-9(10)3/h7H,4-6H2,1-3H3,(H,11,12)/t7-/m0/s1. The molecule has 1 aromatic rings. The highest BCUT2D eigenvalue weighted by Gasteiger charge is 2.32. The number of aryl methyl sites for hydroxylation is 2. The molecule has 0 bridgehead atoms. The van der Waals surface area contributed by atoms with Gasteiger partial charge in [0.05, 0.1) is 24.1 Å². The van der Waals surface area contributed by atoms with E-state index in [-0.39, 0.29) is 6.10 Å². The molecule has 1 aliphatic heterocycles. The second-order valence-electron chi connectivity index (χ2n) is 4.31. The third-order valence-electron chi connectivity index (χ3n) is 2.86. The Morgan fingerprint density at radius 2 is 2.18 bits per heavy atom. The highest BCUT2D eigenvalue weighted by molar-refractivity contribution is 7.89. The van der Waals surface area contributed by atoms with Gasteiger partial charge >= 0.3 is 0 Å². The molecule has 2 heterocycles. The molecule has 2 rings (SSSR count). The molecule has 6 nitrogen and oxygen atoms in total. The predicted octanol–water partition coefficient (Wildman–Crippen LogP) is 0.436. The molecule has 7 heteroatoms. The molecule has 1 atom stereocenters. The van der Waals surface area contributed by atoms with E-state index in [0.717, 1.165) is 0 Å². The van der Waals surface area contributed by atoms with Crippen LogP contribution in [0.2, 0.25) is 0 Å². The van der Waals surface area contributed by atoms with E-state index in [1.807, 2.05) is 6.92 Å². The van der Waals surface area contributed by atoms with Gasteiger partial charge in [-0.2, -0.15) is 9.40 Å². The van der Waals surface area contributed by atoms with Crippen molar-refractivity contribution in [2.24, 2.45) is 0 Å². The molecular weight excluding hydrogens is 242 g/mol. The van der Waals surface area contributed by atoms with Crippen LogP contribution in [0.5, 0.6) is 0 Å². The summed E-state index contributed by atoms with van der Waals surface area (Å²) >= 11 is 0. The van der Waals surface area contributed by atoms with Crippen LogP contribution >= 0.6 is 0 Å².